The summed E-state index contributed by atoms with van der Waals surface area (Å²) in [5.41, 5.74) is 6.23. The van der Waals surface area contributed by atoms with Crippen molar-refractivity contribution in [1.82, 2.24) is 0 Å². The number of anilines is 1. The molecule has 2 aromatic carbocycles. The Kier molecular flexibility index (Phi) is 17.7. The molecule has 0 atom stereocenters. The van der Waals surface area contributed by atoms with Gasteiger partial charge in [0.05, 0.1) is 12.0 Å². The third-order valence-corrected chi connectivity index (χ3v) is 8.69. The molecule has 0 aliphatic rings. The first kappa shape index (κ1) is 37.8. The Morgan fingerprint density at radius 2 is 1.50 bits per heavy atom. The summed E-state index contributed by atoms with van der Waals surface area (Å²) < 4.78 is 14.6. The molecule has 44 heavy (non-hydrogen) atoms. The van der Waals surface area contributed by atoms with Crippen LogP contribution in [0.25, 0.3) is 0 Å². The number of aromatic nitrogens is 1. The highest BCUT2D eigenvalue weighted by Crippen LogP contribution is 2.38. The van der Waals surface area contributed by atoms with Gasteiger partial charge in [-0.1, -0.05) is 134 Å². The lowest BCUT2D eigenvalue weighted by atomic mass is 9.86. The summed E-state index contributed by atoms with van der Waals surface area (Å²) in [7, 11) is 0. The Balaban J connectivity index is 0.00000675. The summed E-state index contributed by atoms with van der Waals surface area (Å²) >= 11 is 1.69. The fourth-order valence-corrected chi connectivity index (χ4v) is 6.07. The number of amides is 1. The van der Waals surface area contributed by atoms with Crippen LogP contribution in [-0.4, -0.2) is 19.1 Å². The van der Waals surface area contributed by atoms with Gasteiger partial charge >= 0.3 is 0 Å². The number of hydrogen-bond acceptors (Lipinski definition) is 4. The number of carbonyl (C=O) groups is 1. The van der Waals surface area contributed by atoms with Gasteiger partial charge in [-0.3, -0.25) is 4.79 Å². The Hall–Kier alpha value is -2.38. The summed E-state index contributed by atoms with van der Waals surface area (Å²) in [5, 5.41) is 5.13. The summed E-state index contributed by atoms with van der Waals surface area (Å²) in [5.74, 6) is 1.19. The molecule has 0 saturated carbocycles. The van der Waals surface area contributed by atoms with Gasteiger partial charge in [0.15, 0.2) is 30.3 Å². The van der Waals surface area contributed by atoms with Crippen LogP contribution in [0.3, 0.4) is 0 Å². The minimum Gasteiger partial charge on any atom is -1.00 e. The van der Waals surface area contributed by atoms with Gasteiger partial charge in [-0.15, -0.1) is 0 Å². The average Bonchev–Trinajstić information content (AvgIpc) is 3.38. The Morgan fingerprint density at radius 1 is 0.864 bits per heavy atom. The number of halogens is 1. The van der Waals surface area contributed by atoms with Gasteiger partial charge in [0, 0.05) is 23.7 Å². The molecule has 1 heterocycles. The van der Waals surface area contributed by atoms with Gasteiger partial charge in [0.1, 0.15) is 0 Å². The zero-order valence-corrected chi connectivity index (χ0v) is 30.2. The summed E-state index contributed by atoms with van der Waals surface area (Å²) in [6.45, 7) is 12.3. The van der Waals surface area contributed by atoms with Crippen molar-refractivity contribution >= 4 is 22.9 Å². The van der Waals surface area contributed by atoms with E-state index >= 15 is 0 Å². The highest BCUT2D eigenvalue weighted by Gasteiger charge is 2.22. The number of carbonyl (C=O) groups excluding carboxylic acids is 1. The zero-order valence-electron chi connectivity index (χ0n) is 27.8. The van der Waals surface area contributed by atoms with Crippen LogP contribution in [0.1, 0.15) is 122 Å². The molecule has 0 unspecified atom stereocenters. The van der Waals surface area contributed by atoms with E-state index in [-0.39, 0.29) is 34.9 Å². The van der Waals surface area contributed by atoms with Crippen molar-refractivity contribution in [2.75, 3.05) is 18.5 Å². The number of nitrogens with one attached hydrogen (secondary N) is 1. The SMILES string of the molecule is CCCCCCCCCCCCCCOc1c(OCC(=O)Nc2cccc(C[n+]3cscc3C)c2)cccc1C(C)(C)C.[Br-]. The zero-order chi connectivity index (χ0) is 30.9. The molecule has 0 radical (unpaired) electrons. The molecule has 5 nitrogen and oxygen atoms in total. The number of unbranched alkanes of at least 4 members (excludes halogenated alkanes) is 11. The van der Waals surface area contributed by atoms with Gasteiger partial charge in [-0.25, -0.2) is 0 Å². The van der Waals surface area contributed by atoms with Gasteiger partial charge < -0.3 is 31.8 Å². The maximum atomic E-state index is 12.9. The normalized spacial score (nSPS) is 11.2. The predicted molar refractivity (Wildman–Crippen MR) is 181 cm³/mol. The van der Waals surface area contributed by atoms with E-state index in [2.05, 4.69) is 67.5 Å². The second-order valence-electron chi connectivity index (χ2n) is 12.8. The van der Waals surface area contributed by atoms with Crippen LogP contribution in [0.2, 0.25) is 0 Å². The minimum atomic E-state index is -0.190. The topological polar surface area (TPSA) is 51.4 Å². The third-order valence-electron chi connectivity index (χ3n) is 7.83. The van der Waals surface area contributed by atoms with E-state index in [0.29, 0.717) is 12.4 Å². The monoisotopic (exact) mass is 686 g/mol. The molecule has 0 aliphatic heterocycles. The highest BCUT2D eigenvalue weighted by molar-refractivity contribution is 7.07. The number of nitrogens with zero attached hydrogens (tertiary/aromatic N) is 1. The van der Waals surface area contributed by atoms with Crippen LogP contribution in [0.5, 0.6) is 11.5 Å². The quantitative estimate of drug-likeness (QED) is 0.105. The predicted octanol–water partition coefficient (Wildman–Crippen LogP) is 6.79. The van der Waals surface area contributed by atoms with Gasteiger partial charge in [0.2, 0.25) is 5.51 Å². The number of thiazole rings is 1. The molecule has 3 rings (SSSR count). The number of para-hydroxylation sites is 1. The Morgan fingerprint density at radius 3 is 2.11 bits per heavy atom. The van der Waals surface area contributed by atoms with Gasteiger partial charge in [-0.2, -0.15) is 4.57 Å². The largest absolute Gasteiger partial charge is 1.00 e. The molecule has 0 spiro atoms. The molecule has 0 saturated heterocycles. The number of benzene rings is 2. The van der Waals surface area contributed by atoms with Crippen LogP contribution in [-0.2, 0) is 16.8 Å². The van der Waals surface area contributed by atoms with E-state index in [1.807, 2.05) is 30.3 Å². The van der Waals surface area contributed by atoms with Gasteiger partial charge in [-0.05, 0) is 30.0 Å². The molecule has 244 valence electrons. The maximum absolute atomic E-state index is 12.9. The Labute approximate surface area is 281 Å². The molecule has 0 fully saturated rings. The summed E-state index contributed by atoms with van der Waals surface area (Å²) in [4.78, 5) is 12.9. The third kappa shape index (κ3) is 13.7. The average molecular weight is 688 g/mol. The summed E-state index contributed by atoms with van der Waals surface area (Å²) in [6.07, 6.45) is 15.8. The molecular formula is C37H55BrN2O3S. The van der Waals surface area contributed by atoms with Crippen molar-refractivity contribution < 1.29 is 35.8 Å². The maximum Gasteiger partial charge on any atom is 0.262 e. The molecule has 1 amide bonds. The van der Waals surface area contributed by atoms with Crippen molar-refractivity contribution in [3.63, 3.8) is 0 Å². The van der Waals surface area contributed by atoms with E-state index < -0.39 is 0 Å². The lowest BCUT2D eigenvalue weighted by Crippen LogP contribution is -3.00. The fraction of sp³-hybridized carbons (Fsp3) is 0.568. The fourth-order valence-electron chi connectivity index (χ4n) is 5.29. The van der Waals surface area contributed by atoms with Crippen LogP contribution in [0.15, 0.2) is 53.4 Å². The van der Waals surface area contributed by atoms with Crippen molar-refractivity contribution in [1.29, 1.82) is 0 Å². The molecule has 0 bridgehead atoms. The van der Waals surface area contributed by atoms with Crippen molar-refractivity contribution in [3.8, 4) is 11.5 Å². The number of hydrogen-bond donors (Lipinski definition) is 1. The molecular weight excluding hydrogens is 632 g/mol. The van der Waals surface area contributed by atoms with E-state index in [4.69, 9.17) is 9.47 Å². The van der Waals surface area contributed by atoms with Crippen molar-refractivity contribution in [2.45, 2.75) is 124 Å². The van der Waals surface area contributed by atoms with E-state index in [9.17, 15) is 4.79 Å². The molecule has 1 aromatic heterocycles. The second kappa shape index (κ2) is 20.6. The molecule has 3 aromatic rings. The standard InChI is InChI=1S/C37H54N2O3S.BrH/c1-6-7-8-9-10-11-12-13-14-15-16-17-24-41-36-33(37(3,4)5)22-19-23-34(36)42-27-35(40)38-32-21-18-20-31(25-32)26-39-29-43-28-30(39)2;/h18-23,25,28-29H,6-17,24,26-27H2,1-5H3;1H. The molecule has 1 N–H and O–H groups in total. The van der Waals surface area contributed by atoms with Crippen LogP contribution in [0, 0.1) is 6.92 Å². The smallest absolute Gasteiger partial charge is 0.262 e. The molecule has 0 aliphatic carbocycles. The highest BCUT2D eigenvalue weighted by atomic mass is 79.9. The van der Waals surface area contributed by atoms with Gasteiger partial charge in [0.25, 0.3) is 5.91 Å². The second-order valence-corrected chi connectivity index (χ2v) is 13.5. The van der Waals surface area contributed by atoms with Crippen LogP contribution < -0.4 is 36.3 Å². The number of ether oxygens (including phenoxy) is 2. The van der Waals surface area contributed by atoms with Crippen LogP contribution >= 0.6 is 11.3 Å². The van der Waals surface area contributed by atoms with E-state index in [0.717, 1.165) is 35.5 Å². The Bertz CT molecular complexity index is 1240. The molecule has 7 heteroatoms. The first-order valence-corrected chi connectivity index (χ1v) is 17.4. The number of aryl methyl sites for hydroxylation is 1. The lowest BCUT2D eigenvalue weighted by Gasteiger charge is -2.24. The first-order chi connectivity index (χ1) is 20.8. The number of rotatable bonds is 20. The first-order valence-electron chi connectivity index (χ1n) is 16.5. The summed E-state index contributed by atoms with van der Waals surface area (Å²) in [6, 6.07) is 14.0. The lowest BCUT2D eigenvalue weighted by molar-refractivity contribution is -0.689. The van der Waals surface area contributed by atoms with E-state index in [1.54, 1.807) is 11.3 Å². The van der Waals surface area contributed by atoms with Crippen LogP contribution in [0.4, 0.5) is 5.69 Å². The minimum absolute atomic E-state index is 0. The van der Waals surface area contributed by atoms with Crippen molar-refractivity contribution in [2.24, 2.45) is 0 Å². The van der Waals surface area contributed by atoms with Crippen molar-refractivity contribution in [3.05, 3.63) is 70.2 Å². The van der Waals surface area contributed by atoms with E-state index in [1.165, 1.54) is 76.3 Å².